The predicted molar refractivity (Wildman–Crippen MR) is 73.6 cm³/mol. The summed E-state index contributed by atoms with van der Waals surface area (Å²) in [6, 6.07) is 3.45. The van der Waals surface area contributed by atoms with Crippen LogP contribution in [-0.2, 0) is 9.59 Å². The van der Waals surface area contributed by atoms with E-state index in [0.29, 0.717) is 17.8 Å². The SMILES string of the molecule is CC1(C(=O)O)CCN(C(=O)CNC(=O)c2cccs2)C1. The summed E-state index contributed by atoms with van der Waals surface area (Å²) in [7, 11) is 0. The van der Waals surface area contributed by atoms with Crippen molar-refractivity contribution in [3.8, 4) is 0 Å². The van der Waals surface area contributed by atoms with Crippen molar-refractivity contribution in [1.82, 2.24) is 10.2 Å². The van der Waals surface area contributed by atoms with Gasteiger partial charge in [0.25, 0.3) is 5.91 Å². The topological polar surface area (TPSA) is 86.7 Å². The third-order valence-corrected chi connectivity index (χ3v) is 4.36. The van der Waals surface area contributed by atoms with Crippen LogP contribution in [0.3, 0.4) is 0 Å². The Bertz CT molecular complexity index is 528. The summed E-state index contributed by atoms with van der Waals surface area (Å²) in [5.41, 5.74) is -0.882. The largest absolute Gasteiger partial charge is 0.481 e. The molecular weight excluding hydrogens is 280 g/mol. The number of aliphatic carboxylic acids is 1. The second kappa shape index (κ2) is 5.62. The Hall–Kier alpha value is -1.89. The minimum Gasteiger partial charge on any atom is -0.481 e. The smallest absolute Gasteiger partial charge is 0.311 e. The van der Waals surface area contributed by atoms with E-state index in [1.54, 1.807) is 24.4 Å². The van der Waals surface area contributed by atoms with Crippen LogP contribution in [0.15, 0.2) is 17.5 Å². The van der Waals surface area contributed by atoms with Crippen LogP contribution in [0, 0.1) is 5.41 Å². The Morgan fingerprint density at radius 1 is 1.50 bits per heavy atom. The summed E-state index contributed by atoms with van der Waals surface area (Å²) < 4.78 is 0. The lowest BCUT2D eigenvalue weighted by Crippen LogP contribution is -2.40. The lowest BCUT2D eigenvalue weighted by Gasteiger charge is -2.20. The zero-order valence-electron chi connectivity index (χ0n) is 11.1. The molecule has 2 amide bonds. The molecule has 0 radical (unpaired) electrons. The van der Waals surface area contributed by atoms with Crippen molar-refractivity contribution in [1.29, 1.82) is 0 Å². The van der Waals surface area contributed by atoms with Crippen LogP contribution < -0.4 is 5.32 Å². The van der Waals surface area contributed by atoms with Crippen molar-refractivity contribution in [3.63, 3.8) is 0 Å². The summed E-state index contributed by atoms with van der Waals surface area (Å²) in [4.78, 5) is 36.8. The van der Waals surface area contributed by atoms with Gasteiger partial charge in [-0.3, -0.25) is 14.4 Å². The van der Waals surface area contributed by atoms with E-state index in [1.807, 2.05) is 0 Å². The fraction of sp³-hybridized carbons (Fsp3) is 0.462. The number of likely N-dealkylation sites (tertiary alicyclic amines) is 1. The van der Waals surface area contributed by atoms with E-state index in [0.717, 1.165) is 0 Å². The Balaban J connectivity index is 1.85. The standard InChI is InChI=1S/C13H16N2O4S/c1-13(12(18)19)4-5-15(8-13)10(16)7-14-11(17)9-3-2-6-20-9/h2-3,6H,4-5,7-8H2,1H3,(H,14,17)(H,18,19). The second-order valence-corrected chi connectivity index (χ2v) is 6.04. The highest BCUT2D eigenvalue weighted by molar-refractivity contribution is 7.12. The van der Waals surface area contributed by atoms with Gasteiger partial charge in [-0.05, 0) is 24.8 Å². The average molecular weight is 296 g/mol. The van der Waals surface area contributed by atoms with Gasteiger partial charge in [-0.2, -0.15) is 0 Å². The normalized spacial score (nSPS) is 21.8. The van der Waals surface area contributed by atoms with Gasteiger partial charge in [-0.15, -0.1) is 11.3 Å². The molecule has 1 aromatic heterocycles. The molecule has 6 nitrogen and oxygen atoms in total. The molecule has 1 aliphatic rings. The van der Waals surface area contributed by atoms with Crippen LogP contribution in [-0.4, -0.2) is 47.4 Å². The van der Waals surface area contributed by atoms with E-state index in [9.17, 15) is 14.4 Å². The van der Waals surface area contributed by atoms with Crippen LogP contribution in [0.25, 0.3) is 0 Å². The minimum absolute atomic E-state index is 0.105. The Kier molecular flexibility index (Phi) is 4.08. The molecule has 1 aliphatic heterocycles. The number of carbonyl (C=O) groups is 3. The average Bonchev–Trinajstić information content (AvgIpc) is 3.05. The number of carboxylic acid groups (broad SMARTS) is 1. The fourth-order valence-electron chi connectivity index (χ4n) is 2.11. The number of nitrogens with zero attached hydrogens (tertiary/aromatic N) is 1. The van der Waals surface area contributed by atoms with Gasteiger partial charge in [0.15, 0.2) is 0 Å². The first-order valence-electron chi connectivity index (χ1n) is 6.25. The number of nitrogens with one attached hydrogen (secondary N) is 1. The Morgan fingerprint density at radius 3 is 2.80 bits per heavy atom. The van der Waals surface area contributed by atoms with E-state index in [1.165, 1.54) is 16.2 Å². The highest BCUT2D eigenvalue weighted by Crippen LogP contribution is 2.29. The van der Waals surface area contributed by atoms with Gasteiger partial charge in [0.2, 0.25) is 5.91 Å². The third-order valence-electron chi connectivity index (χ3n) is 3.49. The van der Waals surface area contributed by atoms with E-state index >= 15 is 0 Å². The van der Waals surface area contributed by atoms with Gasteiger partial charge in [0, 0.05) is 13.1 Å². The van der Waals surface area contributed by atoms with Gasteiger partial charge >= 0.3 is 5.97 Å². The fourth-order valence-corrected chi connectivity index (χ4v) is 2.75. The zero-order valence-corrected chi connectivity index (χ0v) is 11.9. The van der Waals surface area contributed by atoms with Gasteiger partial charge < -0.3 is 15.3 Å². The van der Waals surface area contributed by atoms with Crippen LogP contribution in [0.2, 0.25) is 0 Å². The van der Waals surface area contributed by atoms with Crippen LogP contribution in [0.4, 0.5) is 0 Å². The maximum absolute atomic E-state index is 12.0. The monoisotopic (exact) mass is 296 g/mol. The minimum atomic E-state index is -0.893. The number of carbonyl (C=O) groups excluding carboxylic acids is 2. The summed E-state index contributed by atoms with van der Waals surface area (Å²) in [5, 5.41) is 13.4. The molecular formula is C13H16N2O4S. The molecule has 20 heavy (non-hydrogen) atoms. The number of amides is 2. The first-order chi connectivity index (χ1) is 9.42. The van der Waals surface area contributed by atoms with Gasteiger partial charge in [0.05, 0.1) is 16.8 Å². The van der Waals surface area contributed by atoms with Crippen molar-refractivity contribution in [2.24, 2.45) is 5.41 Å². The van der Waals surface area contributed by atoms with Crippen molar-refractivity contribution >= 4 is 29.1 Å². The lowest BCUT2D eigenvalue weighted by molar-refractivity contribution is -0.147. The molecule has 1 saturated heterocycles. The summed E-state index contributed by atoms with van der Waals surface area (Å²) in [5.74, 6) is -1.43. The van der Waals surface area contributed by atoms with E-state index in [-0.39, 0.29) is 24.9 Å². The van der Waals surface area contributed by atoms with Crippen LogP contribution >= 0.6 is 11.3 Å². The van der Waals surface area contributed by atoms with Crippen molar-refractivity contribution < 1.29 is 19.5 Å². The molecule has 0 aliphatic carbocycles. The quantitative estimate of drug-likeness (QED) is 0.860. The van der Waals surface area contributed by atoms with E-state index < -0.39 is 11.4 Å². The van der Waals surface area contributed by atoms with Crippen LogP contribution in [0.5, 0.6) is 0 Å². The number of hydrogen-bond acceptors (Lipinski definition) is 4. The Labute approximate surface area is 120 Å². The molecule has 2 heterocycles. The van der Waals surface area contributed by atoms with E-state index in [4.69, 9.17) is 5.11 Å². The number of hydrogen-bond donors (Lipinski definition) is 2. The van der Waals surface area contributed by atoms with E-state index in [2.05, 4.69) is 5.32 Å². The van der Waals surface area contributed by atoms with Crippen LogP contribution in [0.1, 0.15) is 23.0 Å². The molecule has 0 saturated carbocycles. The van der Waals surface area contributed by atoms with Crippen molar-refractivity contribution in [2.75, 3.05) is 19.6 Å². The highest BCUT2D eigenvalue weighted by Gasteiger charge is 2.41. The van der Waals surface area contributed by atoms with Crippen molar-refractivity contribution in [2.45, 2.75) is 13.3 Å². The zero-order chi connectivity index (χ0) is 14.8. The first-order valence-corrected chi connectivity index (χ1v) is 7.13. The molecule has 1 aromatic rings. The maximum atomic E-state index is 12.0. The second-order valence-electron chi connectivity index (χ2n) is 5.09. The molecule has 2 rings (SSSR count). The maximum Gasteiger partial charge on any atom is 0.311 e. The molecule has 0 bridgehead atoms. The van der Waals surface area contributed by atoms with Gasteiger partial charge in [-0.25, -0.2) is 0 Å². The molecule has 108 valence electrons. The van der Waals surface area contributed by atoms with Gasteiger partial charge in [0.1, 0.15) is 0 Å². The summed E-state index contributed by atoms with van der Waals surface area (Å²) in [6.07, 6.45) is 0.437. The third kappa shape index (κ3) is 2.98. The Morgan fingerprint density at radius 2 is 2.25 bits per heavy atom. The molecule has 2 N–H and O–H groups in total. The molecule has 1 atom stereocenters. The number of rotatable bonds is 4. The predicted octanol–water partition coefficient (Wildman–Crippen LogP) is 0.801. The van der Waals surface area contributed by atoms with Crippen molar-refractivity contribution in [3.05, 3.63) is 22.4 Å². The highest BCUT2D eigenvalue weighted by atomic mass is 32.1. The first kappa shape index (κ1) is 14.5. The molecule has 1 unspecified atom stereocenters. The molecule has 0 spiro atoms. The number of carboxylic acids is 1. The summed E-state index contributed by atoms with van der Waals surface area (Å²) >= 11 is 1.30. The lowest BCUT2D eigenvalue weighted by atomic mass is 9.90. The van der Waals surface area contributed by atoms with Gasteiger partial charge in [-0.1, -0.05) is 6.07 Å². The molecule has 7 heteroatoms. The summed E-state index contributed by atoms with van der Waals surface area (Å²) in [6.45, 7) is 2.13. The number of thiophene rings is 1. The molecule has 0 aromatic carbocycles. The molecule has 1 fully saturated rings.